The van der Waals surface area contributed by atoms with Gasteiger partial charge in [0.2, 0.25) is 0 Å². The number of carbonyl (C=O) groups excluding carboxylic acids is 1. The predicted molar refractivity (Wildman–Crippen MR) is 97.7 cm³/mol. The smallest absolute Gasteiger partial charge is 0.255 e. The fraction of sp³-hybridized carbons (Fsp3) is 0.438. The van der Waals surface area contributed by atoms with Gasteiger partial charge in [-0.25, -0.2) is 9.97 Å². The Morgan fingerprint density at radius 1 is 1.28 bits per heavy atom. The first kappa shape index (κ1) is 19.0. The lowest BCUT2D eigenvalue weighted by Gasteiger charge is -2.22. The van der Waals surface area contributed by atoms with E-state index in [0.717, 1.165) is 49.3 Å². The molecule has 8 nitrogen and oxygen atoms in total. The van der Waals surface area contributed by atoms with Crippen LogP contribution in [-0.4, -0.2) is 55.8 Å². The number of ether oxygens (including phenoxy) is 2. The highest BCUT2D eigenvalue weighted by Crippen LogP contribution is 2.35. The van der Waals surface area contributed by atoms with Crippen LogP contribution in [0.5, 0.6) is 11.5 Å². The van der Waals surface area contributed by atoms with Crippen molar-refractivity contribution in [3.63, 3.8) is 0 Å². The Morgan fingerprint density at radius 3 is 2.88 bits per heavy atom. The van der Waals surface area contributed by atoms with Crippen LogP contribution in [0.1, 0.15) is 6.42 Å². The summed E-state index contributed by atoms with van der Waals surface area (Å²) < 4.78 is 10.8. The average molecular weight is 368 g/mol. The second kappa shape index (κ2) is 8.68. The average Bonchev–Trinajstić information content (AvgIpc) is 2.87. The summed E-state index contributed by atoms with van der Waals surface area (Å²) in [7, 11) is 1.55. The zero-order valence-electron chi connectivity index (χ0n) is 14.0. The first-order valence-corrected chi connectivity index (χ1v) is 7.88. The van der Waals surface area contributed by atoms with Gasteiger partial charge in [0.15, 0.2) is 18.1 Å². The molecule has 3 N–H and O–H groups in total. The van der Waals surface area contributed by atoms with Crippen LogP contribution in [0.15, 0.2) is 18.5 Å². The standard InChI is InChI=1S/C16H21N5O3.ClH/c1-23-13-7-11-12(8-14(13)24-9-15(17)22)19-10-20-16(11)21-5-2-3-18-4-6-21;/h7-8,10,18H,2-6,9H2,1H3,(H2,17,22);1H. The molecule has 2 aromatic rings. The fourth-order valence-corrected chi connectivity index (χ4v) is 2.78. The van der Waals surface area contributed by atoms with E-state index in [1.54, 1.807) is 19.5 Å². The number of methoxy groups -OCH3 is 1. The molecular formula is C16H22ClN5O3. The Hall–Kier alpha value is -2.32. The largest absolute Gasteiger partial charge is 0.493 e. The Balaban J connectivity index is 0.00000225. The van der Waals surface area contributed by atoms with Crippen molar-refractivity contribution in [3.05, 3.63) is 18.5 Å². The molecule has 0 spiro atoms. The normalized spacial score (nSPS) is 14.5. The van der Waals surface area contributed by atoms with E-state index < -0.39 is 5.91 Å². The number of anilines is 1. The molecular weight excluding hydrogens is 346 g/mol. The van der Waals surface area contributed by atoms with Crippen molar-refractivity contribution in [1.29, 1.82) is 0 Å². The first-order valence-electron chi connectivity index (χ1n) is 7.88. The van der Waals surface area contributed by atoms with Crippen LogP contribution in [0.25, 0.3) is 10.9 Å². The van der Waals surface area contributed by atoms with Gasteiger partial charge in [-0.3, -0.25) is 4.79 Å². The maximum absolute atomic E-state index is 10.9. The minimum atomic E-state index is -0.544. The second-order valence-electron chi connectivity index (χ2n) is 5.56. The lowest BCUT2D eigenvalue weighted by molar-refractivity contribution is -0.119. The van der Waals surface area contributed by atoms with E-state index in [4.69, 9.17) is 15.2 Å². The molecule has 1 fully saturated rings. The molecule has 0 unspecified atom stereocenters. The number of primary amides is 1. The summed E-state index contributed by atoms with van der Waals surface area (Å²) in [5.74, 6) is 1.29. The lowest BCUT2D eigenvalue weighted by Crippen LogP contribution is -2.28. The summed E-state index contributed by atoms with van der Waals surface area (Å²) in [5.41, 5.74) is 5.87. The monoisotopic (exact) mass is 367 g/mol. The molecule has 9 heteroatoms. The summed E-state index contributed by atoms with van der Waals surface area (Å²) >= 11 is 0. The third-order valence-corrected chi connectivity index (χ3v) is 3.91. The van der Waals surface area contributed by atoms with Crippen molar-refractivity contribution >= 4 is 35.0 Å². The van der Waals surface area contributed by atoms with Crippen LogP contribution in [0.3, 0.4) is 0 Å². The summed E-state index contributed by atoms with van der Waals surface area (Å²) in [6, 6.07) is 3.59. The molecule has 0 radical (unpaired) electrons. The molecule has 2 heterocycles. The molecule has 0 bridgehead atoms. The highest BCUT2D eigenvalue weighted by molar-refractivity contribution is 5.92. The molecule has 1 aliphatic heterocycles. The van der Waals surface area contributed by atoms with Crippen LogP contribution in [0.4, 0.5) is 5.82 Å². The molecule has 1 aromatic carbocycles. The Morgan fingerprint density at radius 2 is 2.12 bits per heavy atom. The highest BCUT2D eigenvalue weighted by Gasteiger charge is 2.17. The molecule has 0 atom stereocenters. The van der Waals surface area contributed by atoms with Gasteiger partial charge < -0.3 is 25.4 Å². The maximum Gasteiger partial charge on any atom is 0.255 e. The SMILES string of the molecule is COc1cc2c(N3CCCNCC3)ncnc2cc1OCC(N)=O.Cl. The van der Waals surface area contributed by atoms with Gasteiger partial charge in [0, 0.05) is 31.1 Å². The molecule has 0 aliphatic carbocycles. The van der Waals surface area contributed by atoms with Crippen molar-refractivity contribution in [2.24, 2.45) is 5.73 Å². The minimum absolute atomic E-state index is 0. The number of benzene rings is 1. The summed E-state index contributed by atoms with van der Waals surface area (Å²) in [5, 5.41) is 4.27. The van der Waals surface area contributed by atoms with E-state index >= 15 is 0 Å². The molecule has 0 saturated carbocycles. The number of halogens is 1. The number of nitrogens with one attached hydrogen (secondary N) is 1. The van der Waals surface area contributed by atoms with Gasteiger partial charge in [0.1, 0.15) is 12.1 Å². The number of hydrogen-bond donors (Lipinski definition) is 2. The van der Waals surface area contributed by atoms with Crippen LogP contribution >= 0.6 is 12.4 Å². The van der Waals surface area contributed by atoms with Crippen LogP contribution < -0.4 is 25.4 Å². The number of nitrogens with zero attached hydrogens (tertiary/aromatic N) is 3. The quantitative estimate of drug-likeness (QED) is 0.802. The van der Waals surface area contributed by atoms with Crippen molar-refractivity contribution in [1.82, 2.24) is 15.3 Å². The van der Waals surface area contributed by atoms with Gasteiger partial charge in [0.25, 0.3) is 5.91 Å². The number of aromatic nitrogens is 2. The summed E-state index contributed by atoms with van der Waals surface area (Å²) in [4.78, 5) is 22.0. The predicted octanol–water partition coefficient (Wildman–Crippen LogP) is 0.724. The van der Waals surface area contributed by atoms with Crippen LogP contribution in [0, 0.1) is 0 Å². The van der Waals surface area contributed by atoms with Crippen molar-refractivity contribution in [2.45, 2.75) is 6.42 Å². The van der Waals surface area contributed by atoms with E-state index in [1.165, 1.54) is 0 Å². The van der Waals surface area contributed by atoms with Gasteiger partial charge in [-0.05, 0) is 19.0 Å². The van der Waals surface area contributed by atoms with E-state index in [9.17, 15) is 4.79 Å². The Bertz CT molecular complexity index is 735. The van der Waals surface area contributed by atoms with E-state index in [0.29, 0.717) is 11.5 Å². The third kappa shape index (κ3) is 4.40. The first-order chi connectivity index (χ1) is 11.7. The van der Waals surface area contributed by atoms with E-state index in [2.05, 4.69) is 20.2 Å². The zero-order valence-corrected chi connectivity index (χ0v) is 14.8. The number of rotatable bonds is 5. The van der Waals surface area contributed by atoms with Gasteiger partial charge in [-0.15, -0.1) is 12.4 Å². The number of hydrogen-bond acceptors (Lipinski definition) is 7. The van der Waals surface area contributed by atoms with Crippen molar-refractivity contribution in [3.8, 4) is 11.5 Å². The lowest BCUT2D eigenvalue weighted by atomic mass is 10.2. The molecule has 25 heavy (non-hydrogen) atoms. The molecule has 1 saturated heterocycles. The maximum atomic E-state index is 10.9. The number of nitrogens with two attached hydrogens (primary N) is 1. The van der Waals surface area contributed by atoms with Gasteiger partial charge >= 0.3 is 0 Å². The van der Waals surface area contributed by atoms with Gasteiger partial charge in [-0.1, -0.05) is 0 Å². The van der Waals surface area contributed by atoms with E-state index in [1.807, 2.05) is 6.07 Å². The summed E-state index contributed by atoms with van der Waals surface area (Å²) in [6.07, 6.45) is 2.60. The fourth-order valence-electron chi connectivity index (χ4n) is 2.78. The second-order valence-corrected chi connectivity index (χ2v) is 5.56. The topological polar surface area (TPSA) is 103 Å². The van der Waals surface area contributed by atoms with Crippen LogP contribution in [-0.2, 0) is 4.79 Å². The molecule has 1 aliphatic rings. The summed E-state index contributed by atoms with van der Waals surface area (Å²) in [6.45, 7) is 3.53. The zero-order chi connectivity index (χ0) is 16.9. The number of fused-ring (bicyclic) bond motifs is 1. The highest BCUT2D eigenvalue weighted by atomic mass is 35.5. The minimum Gasteiger partial charge on any atom is -0.493 e. The van der Waals surface area contributed by atoms with E-state index in [-0.39, 0.29) is 19.0 Å². The molecule has 1 aromatic heterocycles. The number of carbonyl (C=O) groups is 1. The molecule has 3 rings (SSSR count). The van der Waals surface area contributed by atoms with Gasteiger partial charge in [0.05, 0.1) is 12.6 Å². The number of amides is 1. The van der Waals surface area contributed by atoms with Crippen molar-refractivity contribution < 1.29 is 14.3 Å². The molecule has 136 valence electrons. The molecule has 1 amide bonds. The van der Waals surface area contributed by atoms with Gasteiger partial charge in [-0.2, -0.15) is 0 Å². The Labute approximate surface area is 152 Å². The van der Waals surface area contributed by atoms with Crippen molar-refractivity contribution in [2.75, 3.05) is 44.8 Å². The third-order valence-electron chi connectivity index (χ3n) is 3.91. The van der Waals surface area contributed by atoms with Crippen LogP contribution in [0.2, 0.25) is 0 Å². The Kier molecular flexibility index (Phi) is 6.60.